The minimum Gasteiger partial charge on any atom is -0.467 e. The number of thiocarbonyl (C=S) groups is 2. The van der Waals surface area contributed by atoms with Crippen molar-refractivity contribution in [2.75, 3.05) is 32.8 Å². The van der Waals surface area contributed by atoms with Crippen molar-refractivity contribution >= 4 is 46.8 Å². The van der Waals surface area contributed by atoms with Crippen molar-refractivity contribution < 1.29 is 19.1 Å². The molecule has 0 spiro atoms. The number of rotatable bonds is 7. The van der Waals surface area contributed by atoms with Crippen molar-refractivity contribution in [1.29, 1.82) is 0 Å². The van der Waals surface area contributed by atoms with Crippen molar-refractivity contribution in [2.24, 2.45) is 0 Å². The van der Waals surface area contributed by atoms with Crippen molar-refractivity contribution in [2.45, 2.75) is 40.7 Å². The van der Waals surface area contributed by atoms with E-state index < -0.39 is 6.10 Å². The summed E-state index contributed by atoms with van der Waals surface area (Å²) in [6, 6.07) is -0.629. The smallest absolute Gasteiger partial charge is 0.324 e. The van der Waals surface area contributed by atoms with Gasteiger partial charge in [-0.15, -0.1) is 0 Å². The molecule has 10 heteroatoms. The molecule has 0 saturated carbocycles. The molecule has 0 aromatic rings. The van der Waals surface area contributed by atoms with Gasteiger partial charge in [-0.3, -0.25) is 10.6 Å². The number of nitrogens with one attached hydrogen (secondary N) is 2. The van der Waals surface area contributed by atoms with Crippen molar-refractivity contribution in [3.63, 3.8) is 0 Å². The second-order valence-corrected chi connectivity index (χ2v) is 5.76. The maximum atomic E-state index is 11.8. The van der Waals surface area contributed by atoms with Crippen LogP contribution in [0.1, 0.15) is 34.6 Å². The summed E-state index contributed by atoms with van der Waals surface area (Å²) in [6.07, 6.45) is -0.451. The Morgan fingerprint density at radius 2 is 1.28 bits per heavy atom. The van der Waals surface area contributed by atoms with Crippen LogP contribution in [0.4, 0.5) is 9.59 Å². The lowest BCUT2D eigenvalue weighted by Crippen LogP contribution is -2.44. The summed E-state index contributed by atoms with van der Waals surface area (Å²) in [5.41, 5.74) is 0. The van der Waals surface area contributed by atoms with Gasteiger partial charge in [0.05, 0.1) is 0 Å². The predicted molar refractivity (Wildman–Crippen MR) is 105 cm³/mol. The first kappa shape index (κ1) is 23.3. The Morgan fingerprint density at radius 3 is 1.68 bits per heavy atom. The Balaban J connectivity index is 4.19. The molecule has 0 aromatic heterocycles. The van der Waals surface area contributed by atoms with E-state index in [1.165, 1.54) is 0 Å². The molecule has 0 aliphatic carbocycles. The molecular weight excluding hydrogens is 364 g/mol. The largest absolute Gasteiger partial charge is 0.467 e. The fourth-order valence-electron chi connectivity index (χ4n) is 1.83. The number of amides is 4. The van der Waals surface area contributed by atoms with Crippen LogP contribution in [0.25, 0.3) is 0 Å². The maximum Gasteiger partial charge on any atom is 0.324 e. The fourth-order valence-corrected chi connectivity index (χ4v) is 2.24. The van der Waals surface area contributed by atoms with Gasteiger partial charge in [0.25, 0.3) is 10.3 Å². The summed E-state index contributed by atoms with van der Waals surface area (Å²) in [7, 11) is 0. The number of carbonyl (C=O) groups excluding carboxylic acids is 2. The van der Waals surface area contributed by atoms with Gasteiger partial charge in [-0.1, -0.05) is 0 Å². The van der Waals surface area contributed by atoms with Gasteiger partial charge >= 0.3 is 12.1 Å². The highest BCUT2D eigenvalue weighted by Crippen LogP contribution is 1.97. The van der Waals surface area contributed by atoms with Crippen LogP contribution in [0.2, 0.25) is 0 Å². The summed E-state index contributed by atoms with van der Waals surface area (Å²) < 4.78 is 10.6. The zero-order chi connectivity index (χ0) is 19.4. The third-order valence-electron chi connectivity index (χ3n) is 3.28. The summed E-state index contributed by atoms with van der Waals surface area (Å²) in [4.78, 5) is 26.8. The highest BCUT2D eigenvalue weighted by Gasteiger charge is 2.15. The SMILES string of the molecule is CCN(CC)C(=O)NC(=S)OCC(C)OC(=S)NC(=O)N(CC)CC. The first-order chi connectivity index (χ1) is 11.8. The quantitative estimate of drug-likeness (QED) is 0.646. The van der Waals surface area contributed by atoms with E-state index in [1.54, 1.807) is 16.7 Å². The van der Waals surface area contributed by atoms with Crippen molar-refractivity contribution in [3.05, 3.63) is 0 Å². The molecule has 8 nitrogen and oxygen atoms in total. The number of carbonyl (C=O) groups is 2. The molecule has 0 rings (SSSR count). The second-order valence-electron chi connectivity index (χ2n) is 5.02. The number of hydrogen-bond donors (Lipinski definition) is 2. The summed E-state index contributed by atoms with van der Waals surface area (Å²) in [5.74, 6) is 0. The van der Waals surface area contributed by atoms with Crippen LogP contribution >= 0.6 is 24.4 Å². The third-order valence-corrected chi connectivity index (χ3v) is 3.69. The Labute approximate surface area is 160 Å². The summed E-state index contributed by atoms with van der Waals surface area (Å²) >= 11 is 9.96. The standard InChI is InChI=1S/C15H28N4O4S2/c1-6-18(7-2)12(20)16-14(24)22-10-11(5)23-15(25)17-13(21)19(8-3)9-4/h11H,6-10H2,1-5H3,(H,16,20,24)(H,17,21,25). The molecule has 4 amide bonds. The molecule has 0 aliphatic heterocycles. The Kier molecular flexibility index (Phi) is 11.8. The van der Waals surface area contributed by atoms with Crippen LogP contribution < -0.4 is 10.6 Å². The first-order valence-corrected chi connectivity index (χ1v) is 9.09. The lowest BCUT2D eigenvalue weighted by molar-refractivity contribution is 0.123. The monoisotopic (exact) mass is 392 g/mol. The van der Waals surface area contributed by atoms with Crippen LogP contribution in [0.15, 0.2) is 0 Å². The summed E-state index contributed by atoms with van der Waals surface area (Å²) in [5, 5.41) is 4.91. The number of urea groups is 2. The zero-order valence-electron chi connectivity index (χ0n) is 15.5. The van der Waals surface area contributed by atoms with Gasteiger partial charge in [0.15, 0.2) is 0 Å². The number of hydrogen-bond acceptors (Lipinski definition) is 6. The maximum absolute atomic E-state index is 11.8. The first-order valence-electron chi connectivity index (χ1n) is 8.28. The Bertz CT molecular complexity index is 468. The van der Waals surface area contributed by atoms with E-state index in [0.29, 0.717) is 26.2 Å². The van der Waals surface area contributed by atoms with Gasteiger partial charge in [-0.2, -0.15) is 0 Å². The Morgan fingerprint density at radius 1 is 0.880 bits per heavy atom. The number of ether oxygens (including phenoxy) is 2. The van der Waals surface area contributed by atoms with Gasteiger partial charge in [0.1, 0.15) is 12.7 Å². The minimum atomic E-state index is -0.451. The zero-order valence-corrected chi connectivity index (χ0v) is 17.1. The normalized spacial score (nSPS) is 11.1. The molecule has 0 fully saturated rings. The molecule has 25 heavy (non-hydrogen) atoms. The van der Waals surface area contributed by atoms with E-state index >= 15 is 0 Å². The van der Waals surface area contributed by atoms with Crippen LogP contribution in [0.5, 0.6) is 0 Å². The van der Waals surface area contributed by atoms with Gasteiger partial charge in [0, 0.05) is 26.2 Å². The van der Waals surface area contributed by atoms with E-state index in [-0.39, 0.29) is 29.0 Å². The molecule has 144 valence electrons. The average molecular weight is 393 g/mol. The van der Waals surface area contributed by atoms with Crippen molar-refractivity contribution in [1.82, 2.24) is 20.4 Å². The molecule has 0 radical (unpaired) electrons. The minimum absolute atomic E-state index is 0.0360. The number of nitrogens with zero attached hydrogens (tertiary/aromatic N) is 2. The van der Waals surface area contributed by atoms with Crippen molar-refractivity contribution in [3.8, 4) is 0 Å². The average Bonchev–Trinajstić information content (AvgIpc) is 2.55. The molecule has 1 atom stereocenters. The van der Waals surface area contributed by atoms with Gasteiger partial charge in [-0.25, -0.2) is 9.59 Å². The van der Waals surface area contributed by atoms with E-state index in [1.807, 2.05) is 27.7 Å². The van der Waals surface area contributed by atoms with E-state index in [2.05, 4.69) is 10.6 Å². The van der Waals surface area contributed by atoms with Crippen LogP contribution in [-0.4, -0.2) is 71.1 Å². The third kappa shape index (κ3) is 9.40. The predicted octanol–water partition coefficient (Wildman–Crippen LogP) is 2.08. The molecular formula is C15H28N4O4S2. The van der Waals surface area contributed by atoms with Crippen LogP contribution in [-0.2, 0) is 9.47 Å². The molecule has 0 saturated heterocycles. The highest BCUT2D eigenvalue weighted by atomic mass is 32.1. The van der Waals surface area contributed by atoms with Gasteiger partial charge in [-0.05, 0) is 59.1 Å². The molecule has 2 N–H and O–H groups in total. The fraction of sp³-hybridized carbons (Fsp3) is 0.733. The van der Waals surface area contributed by atoms with Gasteiger partial charge < -0.3 is 19.3 Å². The van der Waals surface area contributed by atoms with E-state index in [9.17, 15) is 9.59 Å². The van der Waals surface area contributed by atoms with E-state index in [0.717, 1.165) is 0 Å². The lowest BCUT2D eigenvalue weighted by Gasteiger charge is -2.22. The molecule has 0 bridgehead atoms. The second kappa shape index (κ2) is 12.6. The topological polar surface area (TPSA) is 83.1 Å². The Hall–Kier alpha value is -1.68. The molecule has 1 unspecified atom stereocenters. The summed E-state index contributed by atoms with van der Waals surface area (Å²) in [6.45, 7) is 11.6. The molecule has 0 aromatic carbocycles. The van der Waals surface area contributed by atoms with Gasteiger partial charge in [0.2, 0.25) is 0 Å². The highest BCUT2D eigenvalue weighted by molar-refractivity contribution is 7.80. The molecule has 0 aliphatic rings. The van der Waals surface area contributed by atoms with Crippen LogP contribution in [0, 0.1) is 0 Å². The lowest BCUT2D eigenvalue weighted by atomic mass is 10.4. The van der Waals surface area contributed by atoms with Crippen LogP contribution in [0.3, 0.4) is 0 Å². The van der Waals surface area contributed by atoms with E-state index in [4.69, 9.17) is 33.9 Å². The molecule has 0 heterocycles.